The molecule has 2 rings (SSSR count). The average molecular weight is 277 g/mol. The number of carbonyl (C=O) groups is 1. The molecule has 4 nitrogen and oxygen atoms in total. The van der Waals surface area contributed by atoms with Gasteiger partial charge in [-0.15, -0.1) is 0 Å². The van der Waals surface area contributed by atoms with Crippen LogP contribution in [0.25, 0.3) is 0 Å². The van der Waals surface area contributed by atoms with Gasteiger partial charge in [0.2, 0.25) is 5.91 Å². The number of aryl methyl sites for hydroxylation is 1. The highest BCUT2D eigenvalue weighted by atomic mass is 32.2. The molecule has 0 aliphatic carbocycles. The van der Waals surface area contributed by atoms with E-state index < -0.39 is 10.8 Å². The van der Waals surface area contributed by atoms with Crippen LogP contribution in [0.4, 0.5) is 5.69 Å². The summed E-state index contributed by atoms with van der Waals surface area (Å²) in [6, 6.07) is 9.08. The van der Waals surface area contributed by atoms with Crippen LogP contribution in [-0.2, 0) is 21.3 Å². The maximum absolute atomic E-state index is 12.2. The van der Waals surface area contributed by atoms with Gasteiger partial charge in [-0.1, -0.05) is 12.1 Å². The van der Waals surface area contributed by atoms with E-state index in [2.05, 4.69) is 5.32 Å². The number of rotatable bonds is 4. The molecule has 0 saturated heterocycles. The summed E-state index contributed by atoms with van der Waals surface area (Å²) in [6.07, 6.45) is 1.54. The molecule has 1 amide bonds. The number of nitrogens with one attached hydrogen (secondary N) is 1. The van der Waals surface area contributed by atoms with Gasteiger partial charge in [0.1, 0.15) is 5.76 Å². The summed E-state index contributed by atoms with van der Waals surface area (Å²) in [7, 11) is -1.14. The zero-order valence-electron chi connectivity index (χ0n) is 10.8. The lowest BCUT2D eigenvalue weighted by Gasteiger charge is -2.05. The van der Waals surface area contributed by atoms with E-state index in [-0.39, 0.29) is 5.91 Å². The number of carbonyl (C=O) groups excluding carboxylic acids is 1. The Balaban J connectivity index is 2.13. The molecule has 0 bridgehead atoms. The zero-order valence-corrected chi connectivity index (χ0v) is 11.6. The minimum Gasteiger partial charge on any atom is -0.468 e. The predicted molar refractivity (Wildman–Crippen MR) is 74.3 cm³/mol. The van der Waals surface area contributed by atoms with E-state index in [4.69, 9.17) is 4.42 Å². The second-order valence-corrected chi connectivity index (χ2v) is 5.63. The molecule has 0 aliphatic rings. The van der Waals surface area contributed by atoms with Crippen molar-refractivity contribution in [2.24, 2.45) is 0 Å². The molecule has 0 fully saturated rings. The highest BCUT2D eigenvalue weighted by Gasteiger charge is 2.10. The van der Waals surface area contributed by atoms with Gasteiger partial charge in [0.25, 0.3) is 0 Å². The molecule has 0 saturated carbocycles. The second-order valence-electron chi connectivity index (χ2n) is 4.21. The van der Waals surface area contributed by atoms with Crippen molar-refractivity contribution in [3.8, 4) is 0 Å². The van der Waals surface area contributed by atoms with E-state index in [1.807, 2.05) is 18.2 Å². The van der Waals surface area contributed by atoms with Crippen LogP contribution < -0.4 is 5.32 Å². The number of furan rings is 1. The first kappa shape index (κ1) is 13.5. The summed E-state index contributed by atoms with van der Waals surface area (Å²) in [5.41, 5.74) is 1.62. The van der Waals surface area contributed by atoms with Gasteiger partial charge in [0, 0.05) is 12.6 Å². The molecule has 1 atom stereocenters. The van der Waals surface area contributed by atoms with Crippen molar-refractivity contribution in [1.82, 2.24) is 0 Å². The molecule has 0 spiro atoms. The molecular weight excluding hydrogens is 262 g/mol. The van der Waals surface area contributed by atoms with Crippen LogP contribution >= 0.6 is 0 Å². The summed E-state index contributed by atoms with van der Waals surface area (Å²) in [6.45, 7) is 3.25. The van der Waals surface area contributed by atoms with Gasteiger partial charge in [0.15, 0.2) is 0 Å². The third kappa shape index (κ3) is 3.54. The number of anilines is 1. The average Bonchev–Trinajstić information content (AvgIpc) is 2.75. The normalized spacial score (nSPS) is 12.1. The highest BCUT2D eigenvalue weighted by Crippen LogP contribution is 2.19. The first-order valence-electron chi connectivity index (χ1n) is 5.85. The summed E-state index contributed by atoms with van der Waals surface area (Å²) < 4.78 is 17.3. The maximum atomic E-state index is 12.2. The van der Waals surface area contributed by atoms with Crippen LogP contribution in [0.5, 0.6) is 0 Å². The topological polar surface area (TPSA) is 59.3 Å². The fourth-order valence-corrected chi connectivity index (χ4v) is 2.99. The Labute approximate surface area is 114 Å². The van der Waals surface area contributed by atoms with E-state index in [9.17, 15) is 9.00 Å². The molecular formula is C14H15NO3S. The van der Waals surface area contributed by atoms with Crippen LogP contribution in [0.3, 0.4) is 0 Å². The van der Waals surface area contributed by atoms with Gasteiger partial charge in [0.05, 0.1) is 27.7 Å². The van der Waals surface area contributed by atoms with E-state index in [0.29, 0.717) is 22.1 Å². The minimum absolute atomic E-state index is 0.121. The summed E-state index contributed by atoms with van der Waals surface area (Å²) in [4.78, 5) is 11.7. The molecule has 0 radical (unpaired) electrons. The Morgan fingerprint density at radius 2 is 2.16 bits per heavy atom. The number of hydrogen-bond acceptors (Lipinski definition) is 3. The van der Waals surface area contributed by atoms with Gasteiger partial charge in [-0.2, -0.15) is 0 Å². The van der Waals surface area contributed by atoms with Gasteiger partial charge in [-0.05, 0) is 30.7 Å². The van der Waals surface area contributed by atoms with Crippen LogP contribution in [0.2, 0.25) is 0 Å². The molecule has 19 heavy (non-hydrogen) atoms. The summed E-state index contributed by atoms with van der Waals surface area (Å²) >= 11 is 0. The fourth-order valence-electron chi connectivity index (χ4n) is 1.78. The molecule has 1 heterocycles. The zero-order chi connectivity index (χ0) is 13.8. The van der Waals surface area contributed by atoms with Crippen LogP contribution in [0.15, 0.2) is 45.9 Å². The van der Waals surface area contributed by atoms with E-state index in [1.54, 1.807) is 19.1 Å². The molecule has 5 heteroatoms. The Kier molecular flexibility index (Phi) is 4.16. The lowest BCUT2D eigenvalue weighted by molar-refractivity contribution is -0.114. The van der Waals surface area contributed by atoms with E-state index >= 15 is 0 Å². The molecule has 1 N–H and O–H groups in total. The third-order valence-corrected chi connectivity index (χ3v) is 4.11. The van der Waals surface area contributed by atoms with Gasteiger partial charge in [-0.25, -0.2) is 0 Å². The number of benzene rings is 1. The predicted octanol–water partition coefficient (Wildman–Crippen LogP) is 2.85. The van der Waals surface area contributed by atoms with Crippen molar-refractivity contribution in [1.29, 1.82) is 0 Å². The van der Waals surface area contributed by atoms with Crippen LogP contribution in [-0.4, -0.2) is 10.1 Å². The van der Waals surface area contributed by atoms with E-state index in [0.717, 1.165) is 5.56 Å². The molecule has 1 unspecified atom stereocenters. The van der Waals surface area contributed by atoms with Crippen LogP contribution in [0, 0.1) is 6.92 Å². The van der Waals surface area contributed by atoms with Gasteiger partial charge in [-0.3, -0.25) is 9.00 Å². The third-order valence-electron chi connectivity index (χ3n) is 2.60. The largest absolute Gasteiger partial charge is 0.468 e. The van der Waals surface area contributed by atoms with Crippen molar-refractivity contribution in [2.75, 3.05) is 5.32 Å². The van der Waals surface area contributed by atoms with Crippen molar-refractivity contribution in [3.05, 3.63) is 47.9 Å². The van der Waals surface area contributed by atoms with Crippen LogP contribution in [0.1, 0.15) is 18.2 Å². The summed E-state index contributed by atoms with van der Waals surface area (Å²) in [5.74, 6) is 0.952. The smallest absolute Gasteiger partial charge is 0.221 e. The molecule has 1 aromatic carbocycles. The van der Waals surface area contributed by atoms with Crippen molar-refractivity contribution >= 4 is 22.4 Å². The molecule has 2 aromatic rings. The Morgan fingerprint density at radius 3 is 2.79 bits per heavy atom. The van der Waals surface area contributed by atoms with Gasteiger partial charge >= 0.3 is 0 Å². The monoisotopic (exact) mass is 277 g/mol. The fraction of sp³-hybridized carbons (Fsp3) is 0.214. The van der Waals surface area contributed by atoms with Crippen molar-refractivity contribution in [3.63, 3.8) is 0 Å². The minimum atomic E-state index is -1.14. The van der Waals surface area contributed by atoms with Crippen molar-refractivity contribution < 1.29 is 13.4 Å². The van der Waals surface area contributed by atoms with Gasteiger partial charge < -0.3 is 9.73 Å². The Bertz CT molecular complexity index is 619. The first-order valence-corrected chi connectivity index (χ1v) is 7.17. The van der Waals surface area contributed by atoms with E-state index in [1.165, 1.54) is 13.2 Å². The number of amides is 1. The Morgan fingerprint density at radius 1 is 1.37 bits per heavy atom. The molecule has 0 aliphatic heterocycles. The second kappa shape index (κ2) is 5.84. The summed E-state index contributed by atoms with van der Waals surface area (Å²) in [5, 5.41) is 2.71. The first-order chi connectivity index (χ1) is 9.06. The molecule has 1 aromatic heterocycles. The quantitative estimate of drug-likeness (QED) is 0.934. The lowest BCUT2D eigenvalue weighted by Crippen LogP contribution is -2.06. The lowest BCUT2D eigenvalue weighted by atomic mass is 10.2. The highest BCUT2D eigenvalue weighted by molar-refractivity contribution is 7.84. The maximum Gasteiger partial charge on any atom is 0.221 e. The van der Waals surface area contributed by atoms with Crippen molar-refractivity contribution in [2.45, 2.75) is 24.5 Å². The standard InChI is InChI=1S/C14H15NO3S/c1-10-14(6-7-18-10)19(17)9-12-4-3-5-13(8-12)15-11(2)16/h3-8H,9H2,1-2H3,(H,15,16). The number of hydrogen-bond donors (Lipinski definition) is 1. The molecule has 100 valence electrons. The SMILES string of the molecule is CC(=O)Nc1cccc(CS(=O)c2ccoc2C)c1. The Hall–Kier alpha value is -1.88.